The number of nitrogens with one attached hydrogen (secondary N) is 2. The lowest BCUT2D eigenvalue weighted by Crippen LogP contribution is -2.27. The maximum absolute atomic E-state index is 11.9. The Morgan fingerprint density at radius 1 is 1.38 bits per heavy atom. The molecule has 0 fully saturated rings. The molecule has 108 valence electrons. The third-order valence-corrected chi connectivity index (χ3v) is 3.12. The average molecular weight is 284 g/mol. The zero-order valence-electron chi connectivity index (χ0n) is 11.9. The van der Waals surface area contributed by atoms with Crippen molar-refractivity contribution in [3.63, 3.8) is 0 Å². The number of aromatic nitrogens is 3. The molecule has 6 heteroatoms. The van der Waals surface area contributed by atoms with Gasteiger partial charge in [0.25, 0.3) is 0 Å². The van der Waals surface area contributed by atoms with E-state index in [1.165, 1.54) is 0 Å². The lowest BCUT2D eigenvalue weighted by molar-refractivity contribution is 0.0905. The van der Waals surface area contributed by atoms with Gasteiger partial charge in [-0.2, -0.15) is 4.98 Å². The molecule has 2 aromatic heterocycles. The van der Waals surface area contributed by atoms with Crippen molar-refractivity contribution in [2.24, 2.45) is 5.92 Å². The molecule has 21 heavy (non-hydrogen) atoms. The molecular formula is C15H16N4O2. The highest BCUT2D eigenvalue weighted by Crippen LogP contribution is 2.26. The summed E-state index contributed by atoms with van der Waals surface area (Å²) in [7, 11) is 0. The van der Waals surface area contributed by atoms with Crippen molar-refractivity contribution in [2.45, 2.75) is 13.8 Å². The Morgan fingerprint density at radius 2 is 2.19 bits per heavy atom. The van der Waals surface area contributed by atoms with Crippen LogP contribution in [0.1, 0.15) is 24.5 Å². The van der Waals surface area contributed by atoms with E-state index < -0.39 is 0 Å². The Balaban J connectivity index is 1.86. The lowest BCUT2D eigenvalue weighted by atomic mass is 10.2. The van der Waals surface area contributed by atoms with Crippen molar-refractivity contribution >= 4 is 16.8 Å². The van der Waals surface area contributed by atoms with Crippen molar-refractivity contribution in [3.05, 3.63) is 36.4 Å². The van der Waals surface area contributed by atoms with Gasteiger partial charge in [0.15, 0.2) is 0 Å². The van der Waals surface area contributed by atoms with E-state index in [1.807, 2.05) is 44.3 Å². The molecule has 0 unspecified atom stereocenters. The fourth-order valence-corrected chi connectivity index (χ4v) is 2.05. The molecule has 3 aromatic rings. The Morgan fingerprint density at radius 3 is 3.00 bits per heavy atom. The van der Waals surface area contributed by atoms with Gasteiger partial charge in [0.05, 0.1) is 0 Å². The van der Waals surface area contributed by atoms with Crippen LogP contribution in [0.2, 0.25) is 0 Å². The molecule has 0 saturated heterocycles. The van der Waals surface area contributed by atoms with E-state index in [1.54, 1.807) is 0 Å². The van der Waals surface area contributed by atoms with E-state index in [4.69, 9.17) is 4.52 Å². The summed E-state index contributed by atoms with van der Waals surface area (Å²) in [5, 5.41) is 7.63. The molecule has 0 saturated carbocycles. The van der Waals surface area contributed by atoms with Crippen LogP contribution >= 0.6 is 0 Å². The van der Waals surface area contributed by atoms with Crippen LogP contribution < -0.4 is 5.32 Å². The van der Waals surface area contributed by atoms with Gasteiger partial charge in [0.2, 0.25) is 5.82 Å². The highest BCUT2D eigenvalue weighted by molar-refractivity contribution is 5.94. The number of carbonyl (C=O) groups is 1. The molecule has 0 aliphatic heterocycles. The first-order valence-electron chi connectivity index (χ1n) is 6.83. The molecule has 2 heterocycles. The van der Waals surface area contributed by atoms with Gasteiger partial charge in [-0.15, -0.1) is 0 Å². The Hall–Kier alpha value is -2.63. The van der Waals surface area contributed by atoms with Crippen LogP contribution in [0.15, 0.2) is 35.0 Å². The second kappa shape index (κ2) is 5.40. The monoisotopic (exact) mass is 284 g/mol. The van der Waals surface area contributed by atoms with Crippen molar-refractivity contribution in [1.29, 1.82) is 0 Å². The summed E-state index contributed by atoms with van der Waals surface area (Å²) in [6.45, 7) is 4.61. The van der Waals surface area contributed by atoms with Crippen LogP contribution in [0.25, 0.3) is 22.3 Å². The number of aromatic amines is 1. The van der Waals surface area contributed by atoms with Gasteiger partial charge in [-0.25, -0.2) is 0 Å². The first-order valence-corrected chi connectivity index (χ1v) is 6.83. The summed E-state index contributed by atoms with van der Waals surface area (Å²) >= 11 is 0. The summed E-state index contributed by atoms with van der Waals surface area (Å²) in [5.74, 6) is 0.408. The first kappa shape index (κ1) is 13.4. The van der Waals surface area contributed by atoms with Gasteiger partial charge >= 0.3 is 11.8 Å². The van der Waals surface area contributed by atoms with E-state index >= 15 is 0 Å². The van der Waals surface area contributed by atoms with Gasteiger partial charge < -0.3 is 14.8 Å². The number of para-hydroxylation sites is 1. The van der Waals surface area contributed by atoms with Crippen molar-refractivity contribution < 1.29 is 9.32 Å². The third kappa shape index (κ3) is 2.65. The second-order valence-corrected chi connectivity index (χ2v) is 5.27. The minimum Gasteiger partial charge on any atom is -0.360 e. The largest absolute Gasteiger partial charge is 0.360 e. The van der Waals surface area contributed by atoms with Gasteiger partial charge in [-0.3, -0.25) is 4.79 Å². The van der Waals surface area contributed by atoms with Crippen LogP contribution in [0.4, 0.5) is 0 Å². The highest BCUT2D eigenvalue weighted by atomic mass is 16.5. The van der Waals surface area contributed by atoms with Crippen molar-refractivity contribution in [1.82, 2.24) is 20.4 Å². The number of rotatable bonds is 4. The molecule has 2 N–H and O–H groups in total. The lowest BCUT2D eigenvalue weighted by Gasteiger charge is -2.03. The molecule has 0 aliphatic rings. The molecule has 1 aromatic carbocycles. The second-order valence-electron chi connectivity index (χ2n) is 5.27. The van der Waals surface area contributed by atoms with Crippen LogP contribution in [-0.4, -0.2) is 27.6 Å². The molecular weight excluding hydrogens is 268 g/mol. The molecule has 0 bridgehead atoms. The number of nitrogens with zero attached hydrogens (tertiary/aromatic N) is 2. The van der Waals surface area contributed by atoms with Gasteiger partial charge in [-0.05, 0) is 12.0 Å². The van der Waals surface area contributed by atoms with Gasteiger partial charge in [0.1, 0.15) is 0 Å². The number of benzene rings is 1. The van der Waals surface area contributed by atoms with E-state index in [-0.39, 0.29) is 11.8 Å². The minimum atomic E-state index is -0.345. The topological polar surface area (TPSA) is 83.8 Å². The fourth-order valence-electron chi connectivity index (χ4n) is 2.05. The SMILES string of the molecule is CC(C)CNC(=O)c1nc(-c2c[nH]c3ccccc23)no1. The standard InChI is InChI=1S/C15H16N4O2/c1-9(2)7-17-14(20)15-18-13(19-21-15)11-8-16-12-6-4-3-5-10(11)12/h3-6,8-9,16H,7H2,1-2H3,(H,17,20). The maximum Gasteiger partial charge on any atom is 0.316 e. The summed E-state index contributed by atoms with van der Waals surface area (Å²) in [6, 6.07) is 7.82. The third-order valence-electron chi connectivity index (χ3n) is 3.12. The van der Waals surface area contributed by atoms with E-state index in [9.17, 15) is 4.79 Å². The molecule has 3 rings (SSSR count). The van der Waals surface area contributed by atoms with E-state index in [2.05, 4.69) is 20.4 Å². The van der Waals surface area contributed by atoms with Crippen molar-refractivity contribution in [3.8, 4) is 11.4 Å². The fraction of sp³-hybridized carbons (Fsp3) is 0.267. The number of hydrogen-bond donors (Lipinski definition) is 2. The zero-order chi connectivity index (χ0) is 14.8. The van der Waals surface area contributed by atoms with E-state index in [0.29, 0.717) is 18.3 Å². The number of amides is 1. The highest BCUT2D eigenvalue weighted by Gasteiger charge is 2.17. The Labute approximate surface area is 121 Å². The number of carbonyl (C=O) groups excluding carboxylic acids is 1. The Kier molecular flexibility index (Phi) is 3.43. The molecule has 6 nitrogen and oxygen atoms in total. The zero-order valence-corrected chi connectivity index (χ0v) is 11.9. The maximum atomic E-state index is 11.9. The normalized spacial score (nSPS) is 11.2. The first-order chi connectivity index (χ1) is 10.1. The van der Waals surface area contributed by atoms with Crippen LogP contribution in [0, 0.1) is 5.92 Å². The van der Waals surface area contributed by atoms with Crippen LogP contribution in [-0.2, 0) is 0 Å². The number of H-pyrrole nitrogens is 1. The number of fused-ring (bicyclic) bond motifs is 1. The molecule has 0 atom stereocenters. The summed E-state index contributed by atoms with van der Waals surface area (Å²) in [5.41, 5.74) is 1.81. The van der Waals surface area contributed by atoms with Crippen molar-refractivity contribution in [2.75, 3.05) is 6.54 Å². The summed E-state index contributed by atoms with van der Waals surface area (Å²) in [4.78, 5) is 19.2. The van der Waals surface area contributed by atoms with Gasteiger partial charge in [0, 0.05) is 29.2 Å². The quantitative estimate of drug-likeness (QED) is 0.771. The molecule has 1 amide bonds. The minimum absolute atomic E-state index is 0.0177. The van der Waals surface area contributed by atoms with E-state index in [0.717, 1.165) is 16.5 Å². The number of hydrogen-bond acceptors (Lipinski definition) is 4. The smallest absolute Gasteiger partial charge is 0.316 e. The Bertz CT molecular complexity index is 773. The predicted molar refractivity (Wildman–Crippen MR) is 78.8 cm³/mol. The molecule has 0 spiro atoms. The van der Waals surface area contributed by atoms with Gasteiger partial charge in [-0.1, -0.05) is 37.2 Å². The summed E-state index contributed by atoms with van der Waals surface area (Å²) < 4.78 is 5.04. The van der Waals surface area contributed by atoms with Crippen LogP contribution in [0.5, 0.6) is 0 Å². The molecule has 0 radical (unpaired) electrons. The summed E-state index contributed by atoms with van der Waals surface area (Å²) in [6.07, 6.45) is 1.81. The molecule has 0 aliphatic carbocycles. The average Bonchev–Trinajstić information content (AvgIpc) is 3.10. The predicted octanol–water partition coefficient (Wildman–Crippen LogP) is 2.60. The van der Waals surface area contributed by atoms with Crippen LogP contribution in [0.3, 0.4) is 0 Å².